The van der Waals surface area contributed by atoms with Gasteiger partial charge in [0.2, 0.25) is 5.95 Å². The molecule has 2 aromatic rings. The van der Waals surface area contributed by atoms with Crippen LogP contribution in [0.3, 0.4) is 0 Å². The van der Waals surface area contributed by atoms with Gasteiger partial charge in [-0.15, -0.1) is 0 Å². The topological polar surface area (TPSA) is 50.6 Å². The van der Waals surface area contributed by atoms with E-state index in [0.717, 1.165) is 56.3 Å². The number of unbranched alkanes of at least 4 members (excludes halogenated alkanes) is 1. The van der Waals surface area contributed by atoms with Gasteiger partial charge in [-0.3, -0.25) is 4.79 Å². The van der Waals surface area contributed by atoms with Crippen LogP contribution in [0.2, 0.25) is 0 Å². The van der Waals surface area contributed by atoms with Gasteiger partial charge in [0.1, 0.15) is 5.75 Å². The number of amides is 1. The molecule has 1 fully saturated rings. The number of benzene rings is 1. The molecule has 3 rings (SSSR count). The highest BCUT2D eigenvalue weighted by Crippen LogP contribution is 2.18. The molecule has 0 aliphatic carbocycles. The second-order valence-electron chi connectivity index (χ2n) is 6.52. The molecule has 0 radical (unpaired) electrons. The van der Waals surface area contributed by atoms with Crippen molar-refractivity contribution >= 4 is 11.9 Å². The Labute approximate surface area is 155 Å². The Hall–Kier alpha value is -2.50. The van der Waals surface area contributed by atoms with Gasteiger partial charge in [0.05, 0.1) is 6.61 Å². The van der Waals surface area contributed by atoms with E-state index in [9.17, 15) is 4.79 Å². The number of rotatable bonds is 7. The summed E-state index contributed by atoms with van der Waals surface area (Å²) >= 11 is 0. The third-order valence-electron chi connectivity index (χ3n) is 4.75. The zero-order valence-corrected chi connectivity index (χ0v) is 15.7. The predicted octanol–water partition coefficient (Wildman–Crippen LogP) is 3.04. The Morgan fingerprint density at radius 1 is 1.12 bits per heavy atom. The molecule has 140 valence electrons. The fourth-order valence-corrected chi connectivity index (χ4v) is 3.15. The van der Waals surface area contributed by atoms with Crippen LogP contribution in [-0.4, -0.2) is 53.1 Å². The minimum absolute atomic E-state index is 0.0867. The lowest BCUT2D eigenvalue weighted by Crippen LogP contribution is -2.49. The van der Waals surface area contributed by atoms with Crippen molar-refractivity contribution in [2.24, 2.45) is 0 Å². The highest BCUT2D eigenvalue weighted by atomic mass is 16.5. The second-order valence-corrected chi connectivity index (χ2v) is 6.52. The van der Waals surface area contributed by atoms with Crippen molar-refractivity contribution in [3.63, 3.8) is 0 Å². The molecule has 2 heterocycles. The van der Waals surface area contributed by atoms with Gasteiger partial charge in [-0.05, 0) is 37.6 Å². The fourth-order valence-electron chi connectivity index (χ4n) is 3.15. The standard InChI is InChI=1S/C20H28N4O2/c1-3-5-16-26-18-8-6-17(7-9-18)19(25)23-12-14-24(15-13-23)20-21-10-11-22(20)4-2/h6-11H,3-5,12-16H2,1-2H3. The molecule has 1 aromatic carbocycles. The largest absolute Gasteiger partial charge is 0.494 e. The highest BCUT2D eigenvalue weighted by Gasteiger charge is 2.24. The quantitative estimate of drug-likeness (QED) is 0.716. The highest BCUT2D eigenvalue weighted by molar-refractivity contribution is 5.94. The number of nitrogens with zero attached hydrogens (tertiary/aromatic N) is 4. The van der Waals surface area contributed by atoms with Crippen molar-refractivity contribution in [3.8, 4) is 5.75 Å². The first kappa shape index (κ1) is 18.3. The van der Waals surface area contributed by atoms with Gasteiger partial charge in [0, 0.05) is 50.7 Å². The van der Waals surface area contributed by atoms with E-state index in [1.54, 1.807) is 0 Å². The Morgan fingerprint density at radius 3 is 2.50 bits per heavy atom. The number of anilines is 1. The van der Waals surface area contributed by atoms with Gasteiger partial charge in [-0.25, -0.2) is 4.98 Å². The molecule has 1 amide bonds. The Morgan fingerprint density at radius 2 is 1.85 bits per heavy atom. The lowest BCUT2D eigenvalue weighted by molar-refractivity contribution is 0.0746. The van der Waals surface area contributed by atoms with Crippen LogP contribution in [0.25, 0.3) is 0 Å². The number of imidazole rings is 1. The minimum atomic E-state index is 0.0867. The first-order chi connectivity index (χ1) is 12.7. The number of aromatic nitrogens is 2. The van der Waals surface area contributed by atoms with Crippen LogP contribution < -0.4 is 9.64 Å². The first-order valence-corrected chi connectivity index (χ1v) is 9.51. The fraction of sp³-hybridized carbons (Fsp3) is 0.500. The van der Waals surface area contributed by atoms with Crippen molar-refractivity contribution in [2.45, 2.75) is 33.2 Å². The third kappa shape index (κ3) is 4.18. The normalized spacial score (nSPS) is 14.5. The molecule has 6 heteroatoms. The second kappa shape index (κ2) is 8.74. The van der Waals surface area contributed by atoms with E-state index in [4.69, 9.17) is 4.74 Å². The van der Waals surface area contributed by atoms with Crippen LogP contribution in [0.5, 0.6) is 5.75 Å². The zero-order valence-electron chi connectivity index (χ0n) is 15.7. The molecular formula is C20H28N4O2. The number of ether oxygens (including phenoxy) is 1. The van der Waals surface area contributed by atoms with E-state index < -0.39 is 0 Å². The molecule has 0 saturated carbocycles. The molecular weight excluding hydrogens is 328 g/mol. The number of piperazine rings is 1. The van der Waals surface area contributed by atoms with E-state index in [0.29, 0.717) is 13.1 Å². The molecule has 1 aromatic heterocycles. The van der Waals surface area contributed by atoms with Crippen LogP contribution >= 0.6 is 0 Å². The van der Waals surface area contributed by atoms with E-state index in [2.05, 4.69) is 28.3 Å². The molecule has 0 bridgehead atoms. The SMILES string of the molecule is CCCCOc1ccc(C(=O)N2CCN(c3nccn3CC)CC2)cc1. The number of aryl methyl sites for hydroxylation is 1. The summed E-state index contributed by atoms with van der Waals surface area (Å²) in [7, 11) is 0. The third-order valence-corrected chi connectivity index (χ3v) is 4.75. The minimum Gasteiger partial charge on any atom is -0.494 e. The van der Waals surface area contributed by atoms with Gasteiger partial charge >= 0.3 is 0 Å². The van der Waals surface area contributed by atoms with E-state index in [1.807, 2.05) is 41.6 Å². The van der Waals surface area contributed by atoms with E-state index >= 15 is 0 Å². The van der Waals surface area contributed by atoms with Crippen molar-refractivity contribution in [2.75, 3.05) is 37.7 Å². The monoisotopic (exact) mass is 356 g/mol. The molecule has 0 unspecified atom stereocenters. The molecule has 1 saturated heterocycles. The Balaban J connectivity index is 1.55. The summed E-state index contributed by atoms with van der Waals surface area (Å²) in [6.07, 6.45) is 5.99. The van der Waals surface area contributed by atoms with Crippen molar-refractivity contribution < 1.29 is 9.53 Å². The maximum Gasteiger partial charge on any atom is 0.253 e. The number of carbonyl (C=O) groups excluding carboxylic acids is 1. The predicted molar refractivity (Wildman–Crippen MR) is 103 cm³/mol. The Kier molecular flexibility index (Phi) is 6.15. The van der Waals surface area contributed by atoms with Crippen LogP contribution in [0, 0.1) is 0 Å². The molecule has 1 aliphatic rings. The lowest BCUT2D eigenvalue weighted by atomic mass is 10.1. The molecule has 6 nitrogen and oxygen atoms in total. The Bertz CT molecular complexity index is 703. The van der Waals surface area contributed by atoms with Gasteiger partial charge in [-0.1, -0.05) is 13.3 Å². The number of carbonyl (C=O) groups is 1. The summed E-state index contributed by atoms with van der Waals surface area (Å²) in [5.74, 6) is 1.91. The molecule has 0 N–H and O–H groups in total. The lowest BCUT2D eigenvalue weighted by Gasteiger charge is -2.35. The number of hydrogen-bond acceptors (Lipinski definition) is 4. The summed E-state index contributed by atoms with van der Waals surface area (Å²) in [4.78, 5) is 21.4. The van der Waals surface area contributed by atoms with Crippen molar-refractivity contribution in [3.05, 3.63) is 42.2 Å². The molecule has 0 atom stereocenters. The van der Waals surface area contributed by atoms with Gasteiger partial charge in [0.25, 0.3) is 5.91 Å². The van der Waals surface area contributed by atoms with Crippen LogP contribution in [-0.2, 0) is 6.54 Å². The van der Waals surface area contributed by atoms with Crippen LogP contribution in [0.4, 0.5) is 5.95 Å². The molecule has 0 spiro atoms. The summed E-state index contributed by atoms with van der Waals surface area (Å²) in [6, 6.07) is 7.49. The van der Waals surface area contributed by atoms with Crippen molar-refractivity contribution in [1.82, 2.24) is 14.5 Å². The smallest absolute Gasteiger partial charge is 0.253 e. The van der Waals surface area contributed by atoms with Crippen LogP contribution in [0.15, 0.2) is 36.7 Å². The van der Waals surface area contributed by atoms with Crippen LogP contribution in [0.1, 0.15) is 37.0 Å². The summed E-state index contributed by atoms with van der Waals surface area (Å²) in [6.45, 7) is 8.91. The van der Waals surface area contributed by atoms with Gasteiger partial charge in [-0.2, -0.15) is 0 Å². The summed E-state index contributed by atoms with van der Waals surface area (Å²) < 4.78 is 7.80. The van der Waals surface area contributed by atoms with E-state index in [-0.39, 0.29) is 5.91 Å². The first-order valence-electron chi connectivity index (χ1n) is 9.51. The maximum absolute atomic E-state index is 12.7. The zero-order chi connectivity index (χ0) is 18.4. The summed E-state index contributed by atoms with van der Waals surface area (Å²) in [5, 5.41) is 0. The average Bonchev–Trinajstić information content (AvgIpc) is 3.17. The van der Waals surface area contributed by atoms with Crippen molar-refractivity contribution in [1.29, 1.82) is 0 Å². The maximum atomic E-state index is 12.7. The number of hydrogen-bond donors (Lipinski definition) is 0. The average molecular weight is 356 g/mol. The summed E-state index contributed by atoms with van der Waals surface area (Å²) in [5.41, 5.74) is 0.719. The molecule has 26 heavy (non-hydrogen) atoms. The molecule has 1 aliphatic heterocycles. The van der Waals surface area contributed by atoms with E-state index in [1.165, 1.54) is 0 Å². The van der Waals surface area contributed by atoms with Gasteiger partial charge in [0.15, 0.2) is 0 Å². The van der Waals surface area contributed by atoms with Gasteiger partial charge < -0.3 is 19.1 Å².